The molecule has 3 N–H and O–H groups in total. The fourth-order valence-corrected chi connectivity index (χ4v) is 1.31. The molecule has 1 aromatic rings. The number of ether oxygens (including phenoxy) is 1. The Balaban J connectivity index is 2.50. The van der Waals surface area contributed by atoms with Crippen LogP contribution < -0.4 is 10.5 Å². The standard InChI is InChI=1S/C12H17NO3/c1-2-10(13)7-9-3-5-11(6-4-9)16-8-12(14)15/h3-6,10H,2,7-8,13H2,1H3,(H,14,15). The molecule has 0 saturated heterocycles. The van der Waals surface area contributed by atoms with Crippen molar-refractivity contribution < 1.29 is 14.6 Å². The number of nitrogens with two attached hydrogens (primary N) is 1. The third-order valence-corrected chi connectivity index (χ3v) is 2.31. The molecular weight excluding hydrogens is 206 g/mol. The Bertz CT molecular complexity index is 335. The van der Waals surface area contributed by atoms with Gasteiger partial charge in [-0.25, -0.2) is 4.79 Å². The van der Waals surface area contributed by atoms with E-state index in [0.717, 1.165) is 18.4 Å². The zero-order valence-corrected chi connectivity index (χ0v) is 9.35. The SMILES string of the molecule is CCC(N)Cc1ccc(OCC(=O)O)cc1. The predicted octanol–water partition coefficient (Wildman–Crippen LogP) is 1.43. The van der Waals surface area contributed by atoms with E-state index >= 15 is 0 Å². The highest BCUT2D eigenvalue weighted by atomic mass is 16.5. The van der Waals surface area contributed by atoms with E-state index in [1.807, 2.05) is 12.1 Å². The lowest BCUT2D eigenvalue weighted by molar-refractivity contribution is -0.139. The smallest absolute Gasteiger partial charge is 0.341 e. The minimum absolute atomic E-state index is 0.172. The number of hydrogen-bond acceptors (Lipinski definition) is 3. The van der Waals surface area contributed by atoms with Gasteiger partial charge in [-0.1, -0.05) is 19.1 Å². The molecule has 0 aromatic heterocycles. The molecule has 0 aliphatic rings. The number of carbonyl (C=O) groups is 1. The van der Waals surface area contributed by atoms with Crippen molar-refractivity contribution in [2.24, 2.45) is 5.73 Å². The average Bonchev–Trinajstić information content (AvgIpc) is 2.28. The zero-order chi connectivity index (χ0) is 12.0. The van der Waals surface area contributed by atoms with Crippen molar-refractivity contribution in [1.29, 1.82) is 0 Å². The maximum absolute atomic E-state index is 10.3. The van der Waals surface area contributed by atoms with Crippen molar-refractivity contribution in [3.05, 3.63) is 29.8 Å². The van der Waals surface area contributed by atoms with Crippen LogP contribution in [-0.2, 0) is 11.2 Å². The first kappa shape index (κ1) is 12.5. The summed E-state index contributed by atoms with van der Waals surface area (Å²) in [7, 11) is 0. The highest BCUT2D eigenvalue weighted by Crippen LogP contribution is 2.13. The van der Waals surface area contributed by atoms with E-state index in [-0.39, 0.29) is 12.6 Å². The largest absolute Gasteiger partial charge is 0.482 e. The Morgan fingerprint density at radius 1 is 1.44 bits per heavy atom. The van der Waals surface area contributed by atoms with Gasteiger partial charge in [-0.05, 0) is 30.5 Å². The van der Waals surface area contributed by atoms with E-state index < -0.39 is 5.97 Å². The second-order valence-corrected chi connectivity index (χ2v) is 3.70. The van der Waals surface area contributed by atoms with Gasteiger partial charge in [-0.15, -0.1) is 0 Å². The molecule has 16 heavy (non-hydrogen) atoms. The molecule has 0 radical (unpaired) electrons. The molecule has 88 valence electrons. The second kappa shape index (κ2) is 6.12. The Hall–Kier alpha value is -1.55. The van der Waals surface area contributed by atoms with Crippen molar-refractivity contribution >= 4 is 5.97 Å². The summed E-state index contributed by atoms with van der Waals surface area (Å²) in [4.78, 5) is 10.3. The van der Waals surface area contributed by atoms with Crippen LogP contribution in [0.3, 0.4) is 0 Å². The average molecular weight is 223 g/mol. The van der Waals surface area contributed by atoms with Gasteiger partial charge in [0, 0.05) is 6.04 Å². The lowest BCUT2D eigenvalue weighted by atomic mass is 10.0. The summed E-state index contributed by atoms with van der Waals surface area (Å²) in [5.41, 5.74) is 6.97. The summed E-state index contributed by atoms with van der Waals surface area (Å²) in [6.45, 7) is 1.74. The number of carboxylic acid groups (broad SMARTS) is 1. The molecule has 0 fully saturated rings. The molecule has 1 aromatic carbocycles. The molecule has 0 amide bonds. The van der Waals surface area contributed by atoms with Gasteiger partial charge in [0.05, 0.1) is 0 Å². The Morgan fingerprint density at radius 2 is 2.06 bits per heavy atom. The molecule has 0 aliphatic heterocycles. The van der Waals surface area contributed by atoms with E-state index in [2.05, 4.69) is 6.92 Å². The summed E-state index contributed by atoms with van der Waals surface area (Å²) in [6.07, 6.45) is 1.77. The van der Waals surface area contributed by atoms with Crippen molar-refractivity contribution in [2.45, 2.75) is 25.8 Å². The molecule has 4 nitrogen and oxygen atoms in total. The Morgan fingerprint density at radius 3 is 2.56 bits per heavy atom. The van der Waals surface area contributed by atoms with Gasteiger partial charge >= 0.3 is 5.97 Å². The van der Waals surface area contributed by atoms with Crippen LogP contribution in [0.15, 0.2) is 24.3 Å². The van der Waals surface area contributed by atoms with Crippen molar-refractivity contribution in [1.82, 2.24) is 0 Å². The van der Waals surface area contributed by atoms with E-state index in [0.29, 0.717) is 5.75 Å². The topological polar surface area (TPSA) is 72.5 Å². The normalized spacial score (nSPS) is 12.1. The molecule has 0 saturated carbocycles. The van der Waals surface area contributed by atoms with Crippen LogP contribution in [0.2, 0.25) is 0 Å². The third-order valence-electron chi connectivity index (χ3n) is 2.31. The minimum atomic E-state index is -0.975. The quantitative estimate of drug-likeness (QED) is 0.765. The fraction of sp³-hybridized carbons (Fsp3) is 0.417. The van der Waals surface area contributed by atoms with Crippen LogP contribution in [0.25, 0.3) is 0 Å². The van der Waals surface area contributed by atoms with E-state index in [4.69, 9.17) is 15.6 Å². The summed E-state index contributed by atoms with van der Waals surface area (Å²) < 4.78 is 5.02. The van der Waals surface area contributed by atoms with Crippen molar-refractivity contribution in [3.8, 4) is 5.75 Å². The van der Waals surface area contributed by atoms with Crippen molar-refractivity contribution in [2.75, 3.05) is 6.61 Å². The minimum Gasteiger partial charge on any atom is -0.482 e. The Kier molecular flexibility index (Phi) is 4.79. The summed E-state index contributed by atoms with van der Waals surface area (Å²) in [6, 6.07) is 7.52. The zero-order valence-electron chi connectivity index (χ0n) is 9.35. The number of carboxylic acids is 1. The van der Waals surface area contributed by atoms with Gasteiger partial charge < -0.3 is 15.6 Å². The highest BCUT2D eigenvalue weighted by Gasteiger charge is 2.02. The van der Waals surface area contributed by atoms with Gasteiger partial charge in [0.2, 0.25) is 0 Å². The van der Waals surface area contributed by atoms with Crippen LogP contribution in [0.4, 0.5) is 0 Å². The fourth-order valence-electron chi connectivity index (χ4n) is 1.31. The molecule has 1 unspecified atom stereocenters. The third kappa shape index (κ3) is 4.31. The molecule has 0 heterocycles. The van der Waals surface area contributed by atoms with Crippen LogP contribution in [0, 0.1) is 0 Å². The monoisotopic (exact) mass is 223 g/mol. The number of rotatable bonds is 6. The Labute approximate surface area is 95.0 Å². The predicted molar refractivity (Wildman–Crippen MR) is 61.5 cm³/mol. The van der Waals surface area contributed by atoms with Crippen LogP contribution in [0.5, 0.6) is 5.75 Å². The number of aliphatic carboxylic acids is 1. The summed E-state index contributed by atoms with van der Waals surface area (Å²) in [5.74, 6) is -0.409. The maximum atomic E-state index is 10.3. The second-order valence-electron chi connectivity index (χ2n) is 3.70. The van der Waals surface area contributed by atoms with Gasteiger partial charge in [0.1, 0.15) is 5.75 Å². The molecule has 0 aliphatic carbocycles. The highest BCUT2D eigenvalue weighted by molar-refractivity contribution is 5.68. The molecule has 4 heteroatoms. The van der Waals surface area contributed by atoms with E-state index in [1.165, 1.54) is 0 Å². The summed E-state index contributed by atoms with van der Waals surface area (Å²) in [5, 5.41) is 8.44. The summed E-state index contributed by atoms with van der Waals surface area (Å²) >= 11 is 0. The first-order valence-corrected chi connectivity index (χ1v) is 5.31. The van der Waals surface area contributed by atoms with Crippen LogP contribution >= 0.6 is 0 Å². The van der Waals surface area contributed by atoms with E-state index in [1.54, 1.807) is 12.1 Å². The molecule has 0 spiro atoms. The molecule has 1 rings (SSSR count). The molecule has 0 bridgehead atoms. The number of benzene rings is 1. The lowest BCUT2D eigenvalue weighted by Crippen LogP contribution is -2.21. The molecule has 1 atom stereocenters. The van der Waals surface area contributed by atoms with Crippen molar-refractivity contribution in [3.63, 3.8) is 0 Å². The van der Waals surface area contributed by atoms with Crippen LogP contribution in [0.1, 0.15) is 18.9 Å². The lowest BCUT2D eigenvalue weighted by Gasteiger charge is -2.09. The van der Waals surface area contributed by atoms with Gasteiger partial charge in [-0.3, -0.25) is 0 Å². The van der Waals surface area contributed by atoms with Gasteiger partial charge in [0.25, 0.3) is 0 Å². The number of hydrogen-bond donors (Lipinski definition) is 2. The van der Waals surface area contributed by atoms with E-state index in [9.17, 15) is 4.79 Å². The van der Waals surface area contributed by atoms with Gasteiger partial charge in [-0.2, -0.15) is 0 Å². The van der Waals surface area contributed by atoms with Gasteiger partial charge in [0.15, 0.2) is 6.61 Å². The van der Waals surface area contributed by atoms with Crippen LogP contribution in [-0.4, -0.2) is 23.7 Å². The first-order chi connectivity index (χ1) is 7.61. The molecular formula is C12H17NO3. The first-order valence-electron chi connectivity index (χ1n) is 5.31. The maximum Gasteiger partial charge on any atom is 0.341 e.